The third-order valence-electron chi connectivity index (χ3n) is 10.5. The van der Waals surface area contributed by atoms with Crippen molar-refractivity contribution in [2.75, 3.05) is 32.8 Å². The van der Waals surface area contributed by atoms with E-state index in [2.05, 4.69) is 43.3 Å². The second-order valence-electron chi connectivity index (χ2n) is 16.1. The summed E-state index contributed by atoms with van der Waals surface area (Å²) in [6.07, 6.45) is 31.7. The maximum Gasteiger partial charge on any atom is 0.308 e. The summed E-state index contributed by atoms with van der Waals surface area (Å²) in [5.41, 5.74) is 9.86. The van der Waals surface area contributed by atoms with Crippen LogP contribution in [0.15, 0.2) is 4.99 Å². The van der Waals surface area contributed by atoms with Crippen molar-refractivity contribution in [2.45, 2.75) is 227 Å². The van der Waals surface area contributed by atoms with E-state index in [1.165, 1.54) is 70.6 Å². The van der Waals surface area contributed by atoms with Crippen LogP contribution in [0.25, 0.3) is 0 Å². The first-order valence-corrected chi connectivity index (χ1v) is 24.1. The quantitative estimate of drug-likeness (QED) is 0.0204. The molecule has 0 aromatic rings. The number of esters is 2. The fourth-order valence-electron chi connectivity index (χ4n) is 6.84. The zero-order valence-corrected chi connectivity index (χ0v) is 38.5. The third-order valence-corrected chi connectivity index (χ3v) is 10.5. The van der Waals surface area contributed by atoms with E-state index in [1.54, 1.807) is 0 Å². The second kappa shape index (κ2) is 45.2. The van der Waals surface area contributed by atoms with Gasteiger partial charge in [0.05, 0.1) is 31.6 Å². The Morgan fingerprint density at radius 3 is 1.31 bits per heavy atom. The van der Waals surface area contributed by atoms with Crippen molar-refractivity contribution >= 4 is 29.7 Å². The predicted molar refractivity (Wildman–Crippen MR) is 242 cm³/mol. The summed E-state index contributed by atoms with van der Waals surface area (Å²) in [6, 6.07) is 0. The molecule has 2 atom stereocenters. The van der Waals surface area contributed by atoms with Gasteiger partial charge in [-0.1, -0.05) is 156 Å². The maximum absolute atomic E-state index is 12.8. The van der Waals surface area contributed by atoms with Gasteiger partial charge in [0, 0.05) is 19.5 Å². The van der Waals surface area contributed by atoms with Crippen LogP contribution in [-0.2, 0) is 28.7 Å². The van der Waals surface area contributed by atoms with Gasteiger partial charge in [0.1, 0.15) is 0 Å². The zero-order valence-electron chi connectivity index (χ0n) is 38.5. The largest absolute Gasteiger partial charge is 0.465 e. The normalized spacial score (nSPS) is 11.8. The Kier molecular flexibility index (Phi) is 44.6. The smallest absolute Gasteiger partial charge is 0.308 e. The van der Waals surface area contributed by atoms with Gasteiger partial charge in [-0.2, -0.15) is 0 Å². The van der Waals surface area contributed by atoms with Gasteiger partial charge in [0.25, 0.3) is 0 Å². The van der Waals surface area contributed by atoms with E-state index in [9.17, 15) is 19.2 Å². The van der Waals surface area contributed by atoms with Crippen LogP contribution in [0.1, 0.15) is 227 Å². The molecular formula is C47H93N5O6. The Hall–Kier alpha value is -2.85. The molecule has 2 unspecified atom stereocenters. The van der Waals surface area contributed by atoms with Gasteiger partial charge in [-0.05, 0) is 64.7 Å². The number of rotatable bonds is 40. The Bertz CT molecular complexity index is 991. The van der Waals surface area contributed by atoms with Gasteiger partial charge in [-0.15, -0.1) is 0 Å². The van der Waals surface area contributed by atoms with Crippen LogP contribution in [-0.4, -0.2) is 62.6 Å². The van der Waals surface area contributed by atoms with Gasteiger partial charge in [-0.3, -0.25) is 24.2 Å². The number of nitrogens with one attached hydrogen (secondary N) is 2. The maximum atomic E-state index is 12.8. The highest BCUT2D eigenvalue weighted by atomic mass is 16.5. The molecule has 0 saturated carbocycles. The van der Waals surface area contributed by atoms with Crippen molar-refractivity contribution in [1.29, 1.82) is 0 Å². The van der Waals surface area contributed by atoms with Crippen molar-refractivity contribution in [1.82, 2.24) is 10.6 Å². The molecule has 0 aliphatic carbocycles. The van der Waals surface area contributed by atoms with Crippen molar-refractivity contribution in [3.63, 3.8) is 0 Å². The first kappa shape index (κ1) is 57.2. The number of unbranched alkanes of at least 4 members (excludes halogenated alkanes) is 19. The van der Waals surface area contributed by atoms with Crippen LogP contribution in [0.4, 0.5) is 0 Å². The molecule has 2 amide bonds. The van der Waals surface area contributed by atoms with E-state index in [4.69, 9.17) is 20.9 Å². The topological polar surface area (TPSA) is 175 Å². The summed E-state index contributed by atoms with van der Waals surface area (Å²) < 4.78 is 11.3. The van der Waals surface area contributed by atoms with E-state index in [0.717, 1.165) is 109 Å². The molecule has 0 heterocycles. The van der Waals surface area contributed by atoms with E-state index < -0.39 is 0 Å². The predicted octanol–water partition coefficient (Wildman–Crippen LogP) is 10.6. The van der Waals surface area contributed by atoms with Crippen molar-refractivity contribution in [2.24, 2.45) is 28.3 Å². The molecule has 58 heavy (non-hydrogen) atoms. The number of hydrogen-bond donors (Lipinski definition) is 4. The molecule has 0 aliphatic heterocycles. The van der Waals surface area contributed by atoms with E-state index in [0.29, 0.717) is 39.1 Å². The second-order valence-corrected chi connectivity index (χ2v) is 16.1. The lowest BCUT2D eigenvalue weighted by molar-refractivity contribution is -0.150. The zero-order chi connectivity index (χ0) is 43.3. The summed E-state index contributed by atoms with van der Waals surface area (Å²) in [5.74, 6) is -0.0640. The Morgan fingerprint density at radius 1 is 0.466 bits per heavy atom. The average Bonchev–Trinajstić information content (AvgIpc) is 3.20. The Morgan fingerprint density at radius 2 is 0.862 bits per heavy atom. The Balaban J connectivity index is 0. The van der Waals surface area contributed by atoms with Gasteiger partial charge in [-0.25, -0.2) is 0 Å². The van der Waals surface area contributed by atoms with Crippen LogP contribution < -0.4 is 22.1 Å². The molecule has 0 spiro atoms. The lowest BCUT2D eigenvalue weighted by atomic mass is 9.94. The first-order valence-electron chi connectivity index (χ1n) is 24.1. The summed E-state index contributed by atoms with van der Waals surface area (Å²) in [4.78, 5) is 53.3. The monoisotopic (exact) mass is 824 g/mol. The number of carbonyl (C=O) groups is 4. The molecule has 11 heteroatoms. The molecule has 0 rings (SSSR count). The van der Waals surface area contributed by atoms with Gasteiger partial charge >= 0.3 is 11.9 Å². The molecule has 0 aromatic heterocycles. The molecular weight excluding hydrogens is 731 g/mol. The summed E-state index contributed by atoms with van der Waals surface area (Å²) in [6.45, 7) is 12.9. The molecule has 0 saturated heterocycles. The highest BCUT2D eigenvalue weighted by Crippen LogP contribution is 2.21. The highest BCUT2D eigenvalue weighted by molar-refractivity contribution is 5.84. The lowest BCUT2D eigenvalue weighted by Gasteiger charge is -2.16. The summed E-state index contributed by atoms with van der Waals surface area (Å²) >= 11 is 0. The first-order chi connectivity index (χ1) is 28.2. The number of aliphatic imine (C=N–C) groups is 1. The van der Waals surface area contributed by atoms with Crippen molar-refractivity contribution < 1.29 is 28.7 Å². The van der Waals surface area contributed by atoms with E-state index in [1.807, 2.05) is 6.92 Å². The van der Waals surface area contributed by atoms with Gasteiger partial charge < -0.3 is 31.6 Å². The number of nitrogens with two attached hydrogens (primary N) is 2. The summed E-state index contributed by atoms with van der Waals surface area (Å²) in [7, 11) is 0. The van der Waals surface area contributed by atoms with Crippen molar-refractivity contribution in [3.8, 4) is 0 Å². The van der Waals surface area contributed by atoms with E-state index >= 15 is 0 Å². The number of carbonyl (C=O) groups excluding carboxylic acids is 4. The summed E-state index contributed by atoms with van der Waals surface area (Å²) in [5, 5.41) is 5.61. The standard InChI is InChI=1S/C44H84N2O6.C3H9N3/c1-5-9-13-16-19-25-33-40(32-24-15-11-7-3)44(50)51-36-28-21-18-17-20-27-35-45-42(48)38-46-41(47)34-26-22-29-37-52-43(49)39(30-12-8-4)31-23-14-10-6-2;1-2-6-3(4)5/h39-40H,5-38H2,1-4H3,(H,45,48)(H,46,47);2H2,1H3,(H4,4,5,6). The van der Waals surface area contributed by atoms with Crippen LogP contribution in [0.3, 0.4) is 0 Å². The van der Waals surface area contributed by atoms with Crippen LogP contribution in [0.2, 0.25) is 0 Å². The molecule has 11 nitrogen and oxygen atoms in total. The Labute approximate surface area is 356 Å². The van der Waals surface area contributed by atoms with Crippen LogP contribution in [0.5, 0.6) is 0 Å². The number of amides is 2. The van der Waals surface area contributed by atoms with Crippen LogP contribution >= 0.6 is 0 Å². The number of hydrogen-bond acceptors (Lipinski definition) is 7. The van der Waals surface area contributed by atoms with Crippen molar-refractivity contribution in [3.05, 3.63) is 0 Å². The molecule has 0 radical (unpaired) electrons. The molecule has 0 aliphatic rings. The van der Waals surface area contributed by atoms with Gasteiger partial charge in [0.2, 0.25) is 11.8 Å². The minimum atomic E-state index is -0.158. The molecule has 342 valence electrons. The lowest BCUT2D eigenvalue weighted by Crippen LogP contribution is -2.37. The number of guanidine groups is 1. The third kappa shape index (κ3) is 41.3. The van der Waals surface area contributed by atoms with Crippen LogP contribution in [0, 0.1) is 11.8 Å². The SMILES string of the molecule is CCCCCCCCC(CCCCCC)C(=O)OCCCCCCCCNC(=O)CNC(=O)CCCCCOC(=O)C(CCCC)CCCCCC.CCN=C(N)N. The molecule has 0 aromatic carbocycles. The van der Waals surface area contributed by atoms with Gasteiger partial charge in [0.15, 0.2) is 5.96 Å². The molecule has 0 fully saturated rings. The number of ether oxygens (including phenoxy) is 2. The van der Waals surface area contributed by atoms with E-state index in [-0.39, 0.29) is 48.1 Å². The fraction of sp³-hybridized carbons (Fsp3) is 0.894. The average molecular weight is 824 g/mol. The fourth-order valence-corrected chi connectivity index (χ4v) is 6.84. The highest BCUT2D eigenvalue weighted by Gasteiger charge is 2.20. The molecule has 0 bridgehead atoms. The minimum Gasteiger partial charge on any atom is -0.465 e. The minimum absolute atomic E-state index is 0.00509. The number of nitrogens with zero attached hydrogens (tertiary/aromatic N) is 1. The molecule has 6 N–H and O–H groups in total.